The summed E-state index contributed by atoms with van der Waals surface area (Å²) in [5.74, 6) is -0.0432. The van der Waals surface area contributed by atoms with Crippen LogP contribution >= 0.6 is 0 Å². The molecule has 0 amide bonds. The first-order valence-corrected chi connectivity index (χ1v) is 3.54. The minimum absolute atomic E-state index is 0.0432. The number of hydrogen-bond acceptors (Lipinski definition) is 3. The molecule has 0 unspecified atom stereocenters. The van der Waals surface area contributed by atoms with Gasteiger partial charge in [0, 0.05) is 0 Å². The summed E-state index contributed by atoms with van der Waals surface area (Å²) in [5, 5.41) is 11.1. The highest BCUT2D eigenvalue weighted by atomic mass is 16.5. The molecule has 0 fully saturated rings. The lowest BCUT2D eigenvalue weighted by Gasteiger charge is -2.10. The van der Waals surface area contributed by atoms with Crippen LogP contribution in [0.1, 0.15) is 11.3 Å². The third-order valence-electron chi connectivity index (χ3n) is 1.77. The van der Waals surface area contributed by atoms with Crippen LogP contribution in [0.5, 0.6) is 0 Å². The molecule has 0 aliphatic heterocycles. The SMILES string of the molecule is O=C1C=Cc2cnc[n+]([O-])c2C1. The van der Waals surface area contributed by atoms with Gasteiger partial charge >= 0.3 is 0 Å². The van der Waals surface area contributed by atoms with Crippen LogP contribution in [-0.2, 0) is 11.2 Å². The van der Waals surface area contributed by atoms with E-state index in [-0.39, 0.29) is 12.2 Å². The van der Waals surface area contributed by atoms with Crippen LogP contribution in [0.15, 0.2) is 18.6 Å². The monoisotopic (exact) mass is 162 g/mol. The van der Waals surface area contributed by atoms with E-state index in [1.54, 1.807) is 12.3 Å². The number of carbonyl (C=O) groups is 1. The molecule has 0 saturated carbocycles. The molecule has 12 heavy (non-hydrogen) atoms. The van der Waals surface area contributed by atoms with Crippen LogP contribution in [0.2, 0.25) is 0 Å². The largest absolute Gasteiger partial charge is 0.711 e. The Balaban J connectivity index is 2.60. The molecule has 2 rings (SSSR count). The van der Waals surface area contributed by atoms with E-state index in [4.69, 9.17) is 0 Å². The van der Waals surface area contributed by atoms with E-state index in [0.717, 1.165) is 11.9 Å². The van der Waals surface area contributed by atoms with E-state index < -0.39 is 0 Å². The average molecular weight is 162 g/mol. The highest BCUT2D eigenvalue weighted by Gasteiger charge is 2.15. The second-order valence-electron chi connectivity index (χ2n) is 2.60. The third kappa shape index (κ3) is 0.972. The topological polar surface area (TPSA) is 56.9 Å². The van der Waals surface area contributed by atoms with Crippen molar-refractivity contribution in [1.82, 2.24) is 4.98 Å². The average Bonchev–Trinajstić information content (AvgIpc) is 2.07. The van der Waals surface area contributed by atoms with Gasteiger partial charge in [-0.1, -0.05) is 4.98 Å². The summed E-state index contributed by atoms with van der Waals surface area (Å²) in [6.45, 7) is 0. The predicted octanol–water partition coefficient (Wildman–Crippen LogP) is -0.147. The summed E-state index contributed by atoms with van der Waals surface area (Å²) in [6.07, 6.45) is 5.99. The summed E-state index contributed by atoms with van der Waals surface area (Å²) in [4.78, 5) is 14.6. The Morgan fingerprint density at radius 1 is 1.50 bits per heavy atom. The minimum Gasteiger partial charge on any atom is -0.711 e. The van der Waals surface area contributed by atoms with Crippen molar-refractivity contribution >= 4 is 11.9 Å². The van der Waals surface area contributed by atoms with Crippen LogP contribution in [-0.4, -0.2) is 10.8 Å². The van der Waals surface area contributed by atoms with Gasteiger partial charge in [0.05, 0.1) is 12.0 Å². The summed E-state index contributed by atoms with van der Waals surface area (Å²) in [6, 6.07) is 0. The summed E-state index contributed by atoms with van der Waals surface area (Å²) < 4.78 is 0.636. The van der Waals surface area contributed by atoms with Crippen molar-refractivity contribution < 1.29 is 9.52 Å². The Morgan fingerprint density at radius 2 is 2.33 bits per heavy atom. The Bertz CT molecular complexity index is 371. The Labute approximate surface area is 68.8 Å². The van der Waals surface area contributed by atoms with Gasteiger partial charge in [0.2, 0.25) is 0 Å². The summed E-state index contributed by atoms with van der Waals surface area (Å²) >= 11 is 0. The van der Waals surface area contributed by atoms with Gasteiger partial charge in [0.25, 0.3) is 6.33 Å². The van der Waals surface area contributed by atoms with E-state index >= 15 is 0 Å². The van der Waals surface area contributed by atoms with E-state index in [0.29, 0.717) is 10.4 Å². The molecule has 60 valence electrons. The van der Waals surface area contributed by atoms with Crippen molar-refractivity contribution in [3.05, 3.63) is 35.1 Å². The zero-order valence-corrected chi connectivity index (χ0v) is 6.23. The van der Waals surface area contributed by atoms with Gasteiger partial charge < -0.3 is 5.21 Å². The van der Waals surface area contributed by atoms with Gasteiger partial charge in [-0.2, -0.15) is 0 Å². The van der Waals surface area contributed by atoms with E-state index in [1.807, 2.05) is 0 Å². The van der Waals surface area contributed by atoms with E-state index in [1.165, 1.54) is 6.08 Å². The first-order chi connectivity index (χ1) is 5.77. The van der Waals surface area contributed by atoms with Gasteiger partial charge in [-0.3, -0.25) is 4.79 Å². The molecule has 4 heteroatoms. The second kappa shape index (κ2) is 2.41. The standard InChI is InChI=1S/C8H6N2O2/c11-7-2-1-6-4-9-5-10(12)8(6)3-7/h1-2,4-5H,3H2. The molecular formula is C8H6N2O2. The number of ketones is 1. The zero-order chi connectivity index (χ0) is 8.55. The van der Waals surface area contributed by atoms with Crippen molar-refractivity contribution in [2.45, 2.75) is 6.42 Å². The maximum absolute atomic E-state index is 11.1. The fourth-order valence-electron chi connectivity index (χ4n) is 1.17. The zero-order valence-electron chi connectivity index (χ0n) is 6.23. The molecule has 1 aromatic rings. The first-order valence-electron chi connectivity index (χ1n) is 3.54. The van der Waals surface area contributed by atoms with Crippen LogP contribution < -0.4 is 4.73 Å². The summed E-state index contributed by atoms with van der Waals surface area (Å²) in [5.41, 5.74) is 1.21. The maximum Gasteiger partial charge on any atom is 0.289 e. The van der Waals surface area contributed by atoms with E-state index in [9.17, 15) is 10.0 Å². The van der Waals surface area contributed by atoms with Gasteiger partial charge in [-0.25, -0.2) is 4.73 Å². The summed E-state index contributed by atoms with van der Waals surface area (Å²) in [7, 11) is 0. The molecular weight excluding hydrogens is 156 g/mol. The number of aromatic nitrogens is 2. The van der Waals surface area contributed by atoms with Crippen molar-refractivity contribution in [3.8, 4) is 0 Å². The first kappa shape index (κ1) is 6.97. The van der Waals surface area contributed by atoms with Crippen LogP contribution in [0, 0.1) is 5.21 Å². The molecule has 1 heterocycles. The van der Waals surface area contributed by atoms with Gasteiger partial charge in [-0.15, -0.1) is 0 Å². The molecule has 4 nitrogen and oxygen atoms in total. The predicted molar refractivity (Wildman–Crippen MR) is 40.9 cm³/mol. The lowest BCUT2D eigenvalue weighted by molar-refractivity contribution is -0.616. The number of carbonyl (C=O) groups excluding carboxylic acids is 1. The lowest BCUT2D eigenvalue weighted by Crippen LogP contribution is -2.35. The molecule has 1 aliphatic rings. The van der Waals surface area contributed by atoms with Crippen molar-refractivity contribution in [3.63, 3.8) is 0 Å². The number of nitrogens with zero attached hydrogens (tertiary/aromatic N) is 2. The van der Waals surface area contributed by atoms with Crippen molar-refractivity contribution in [2.75, 3.05) is 0 Å². The van der Waals surface area contributed by atoms with Gasteiger partial charge in [0.1, 0.15) is 5.69 Å². The van der Waals surface area contributed by atoms with Gasteiger partial charge in [-0.05, 0) is 12.2 Å². The molecule has 0 spiro atoms. The number of rotatable bonds is 0. The lowest BCUT2D eigenvalue weighted by atomic mass is 10.0. The van der Waals surface area contributed by atoms with Crippen LogP contribution in [0.3, 0.4) is 0 Å². The normalized spacial score (nSPS) is 14.5. The fourth-order valence-corrected chi connectivity index (χ4v) is 1.17. The Kier molecular flexibility index (Phi) is 1.40. The molecule has 0 saturated heterocycles. The molecule has 0 atom stereocenters. The molecule has 0 aromatic carbocycles. The highest BCUT2D eigenvalue weighted by molar-refractivity contribution is 5.97. The Morgan fingerprint density at radius 3 is 3.17 bits per heavy atom. The maximum atomic E-state index is 11.1. The van der Waals surface area contributed by atoms with Crippen molar-refractivity contribution in [1.29, 1.82) is 0 Å². The molecule has 0 bridgehead atoms. The fraction of sp³-hybridized carbons (Fsp3) is 0.125. The number of allylic oxidation sites excluding steroid dienone is 1. The Hall–Kier alpha value is -1.71. The van der Waals surface area contributed by atoms with Crippen LogP contribution in [0.4, 0.5) is 0 Å². The minimum atomic E-state index is -0.0432. The van der Waals surface area contributed by atoms with E-state index in [2.05, 4.69) is 4.98 Å². The highest BCUT2D eigenvalue weighted by Crippen LogP contribution is 2.11. The van der Waals surface area contributed by atoms with Crippen LogP contribution in [0.25, 0.3) is 6.08 Å². The second-order valence-corrected chi connectivity index (χ2v) is 2.60. The molecule has 1 aromatic heterocycles. The molecule has 0 N–H and O–H groups in total. The molecule has 1 aliphatic carbocycles. The van der Waals surface area contributed by atoms with Gasteiger partial charge in [0.15, 0.2) is 12.0 Å². The number of fused-ring (bicyclic) bond motifs is 1. The third-order valence-corrected chi connectivity index (χ3v) is 1.77. The van der Waals surface area contributed by atoms with Crippen molar-refractivity contribution in [2.24, 2.45) is 0 Å². The smallest absolute Gasteiger partial charge is 0.289 e. The number of hydrogen-bond donors (Lipinski definition) is 0. The molecule has 0 radical (unpaired) electrons. The quantitative estimate of drug-likeness (QED) is 0.394.